The lowest BCUT2D eigenvalue weighted by Crippen LogP contribution is -2.15. The number of H-pyrrole nitrogens is 1. The first kappa shape index (κ1) is 17.3. The fraction of sp³-hybridized carbons (Fsp3) is 0.316. The van der Waals surface area contributed by atoms with Gasteiger partial charge in [-0.3, -0.25) is 9.59 Å². The second-order valence-corrected chi connectivity index (χ2v) is 8.38. The molecule has 2 aromatic heterocycles. The first-order valence-electron chi connectivity index (χ1n) is 8.67. The number of aryl methyl sites for hydroxylation is 2. The van der Waals surface area contributed by atoms with Crippen molar-refractivity contribution in [3.05, 3.63) is 57.0 Å². The molecule has 7 heteroatoms. The van der Waals surface area contributed by atoms with Gasteiger partial charge in [0, 0.05) is 10.6 Å². The molecule has 0 saturated heterocycles. The molecule has 2 N–H and O–H groups in total. The van der Waals surface area contributed by atoms with Crippen LogP contribution in [-0.2, 0) is 23.4 Å². The third kappa shape index (κ3) is 3.68. The number of fused-ring (bicyclic) bond motifs is 3. The number of amides is 1. The SMILES string of the molecule is O=C(CSCc1nc2sc3c(c2c(=O)[nH]1)CCCC3)Nc1ccccc1. The van der Waals surface area contributed by atoms with Crippen molar-refractivity contribution in [2.24, 2.45) is 0 Å². The molecule has 4 rings (SSSR count). The Hall–Kier alpha value is -2.12. The van der Waals surface area contributed by atoms with Crippen molar-refractivity contribution in [3.8, 4) is 0 Å². The highest BCUT2D eigenvalue weighted by Gasteiger charge is 2.19. The summed E-state index contributed by atoms with van der Waals surface area (Å²) < 4.78 is 0. The molecule has 5 nitrogen and oxygen atoms in total. The molecule has 0 aliphatic heterocycles. The van der Waals surface area contributed by atoms with E-state index in [1.807, 2.05) is 30.3 Å². The highest BCUT2D eigenvalue weighted by molar-refractivity contribution is 7.99. The summed E-state index contributed by atoms with van der Waals surface area (Å²) in [7, 11) is 0. The van der Waals surface area contributed by atoms with Crippen LogP contribution in [0, 0.1) is 0 Å². The average molecular weight is 386 g/mol. The van der Waals surface area contributed by atoms with Crippen molar-refractivity contribution in [1.29, 1.82) is 0 Å². The number of thioether (sulfide) groups is 1. The molecular formula is C19H19N3O2S2. The number of thiophene rings is 1. The number of para-hydroxylation sites is 1. The molecule has 0 radical (unpaired) electrons. The third-order valence-corrected chi connectivity index (χ3v) is 6.53. The van der Waals surface area contributed by atoms with E-state index in [0.717, 1.165) is 35.2 Å². The van der Waals surface area contributed by atoms with Crippen molar-refractivity contribution in [2.45, 2.75) is 31.4 Å². The van der Waals surface area contributed by atoms with Gasteiger partial charge in [0.1, 0.15) is 10.7 Å². The van der Waals surface area contributed by atoms with E-state index in [9.17, 15) is 9.59 Å². The molecule has 0 bridgehead atoms. The van der Waals surface area contributed by atoms with E-state index in [2.05, 4.69) is 15.3 Å². The second-order valence-electron chi connectivity index (χ2n) is 6.31. The Balaban J connectivity index is 1.41. The first-order valence-corrected chi connectivity index (χ1v) is 10.6. The van der Waals surface area contributed by atoms with Crippen LogP contribution in [0.15, 0.2) is 35.1 Å². The Bertz CT molecular complexity index is 995. The molecule has 3 aromatic rings. The van der Waals surface area contributed by atoms with Crippen LogP contribution in [-0.4, -0.2) is 21.6 Å². The number of carbonyl (C=O) groups excluding carboxylic acids is 1. The molecule has 1 amide bonds. The smallest absolute Gasteiger partial charge is 0.259 e. The number of anilines is 1. The van der Waals surface area contributed by atoms with Crippen LogP contribution in [0.2, 0.25) is 0 Å². The maximum Gasteiger partial charge on any atom is 0.259 e. The van der Waals surface area contributed by atoms with Gasteiger partial charge < -0.3 is 10.3 Å². The van der Waals surface area contributed by atoms with Gasteiger partial charge in [-0.05, 0) is 43.4 Å². The van der Waals surface area contributed by atoms with E-state index in [1.165, 1.54) is 28.6 Å². The second kappa shape index (κ2) is 7.63. The summed E-state index contributed by atoms with van der Waals surface area (Å²) in [5.74, 6) is 1.41. The maximum absolute atomic E-state index is 12.5. The minimum absolute atomic E-state index is 0.0428. The normalized spacial score (nSPS) is 13.5. The summed E-state index contributed by atoms with van der Waals surface area (Å²) >= 11 is 3.10. The number of carbonyl (C=O) groups is 1. The van der Waals surface area contributed by atoms with Gasteiger partial charge in [0.2, 0.25) is 5.91 Å². The maximum atomic E-state index is 12.5. The molecule has 1 aliphatic carbocycles. The van der Waals surface area contributed by atoms with Crippen molar-refractivity contribution in [1.82, 2.24) is 9.97 Å². The number of hydrogen-bond acceptors (Lipinski definition) is 5. The quantitative estimate of drug-likeness (QED) is 0.702. The fourth-order valence-corrected chi connectivity index (χ4v) is 5.21. The summed E-state index contributed by atoms with van der Waals surface area (Å²) in [5, 5.41) is 3.63. The number of hydrogen-bond donors (Lipinski definition) is 2. The molecular weight excluding hydrogens is 366 g/mol. The molecule has 1 aliphatic rings. The molecule has 0 fully saturated rings. The highest BCUT2D eigenvalue weighted by Crippen LogP contribution is 2.33. The monoisotopic (exact) mass is 385 g/mol. The molecule has 0 atom stereocenters. The lowest BCUT2D eigenvalue weighted by Gasteiger charge is -2.09. The van der Waals surface area contributed by atoms with E-state index < -0.39 is 0 Å². The van der Waals surface area contributed by atoms with Gasteiger partial charge in [-0.1, -0.05) is 18.2 Å². The van der Waals surface area contributed by atoms with Gasteiger partial charge in [0.15, 0.2) is 0 Å². The zero-order valence-corrected chi connectivity index (χ0v) is 15.8. The number of rotatable bonds is 5. The molecule has 0 saturated carbocycles. The van der Waals surface area contributed by atoms with E-state index in [-0.39, 0.29) is 11.5 Å². The first-order chi connectivity index (χ1) is 12.7. The van der Waals surface area contributed by atoms with Gasteiger partial charge in [0.25, 0.3) is 5.56 Å². The van der Waals surface area contributed by atoms with Gasteiger partial charge in [-0.2, -0.15) is 0 Å². The van der Waals surface area contributed by atoms with Crippen LogP contribution in [0.1, 0.15) is 29.1 Å². The Morgan fingerprint density at radius 3 is 2.88 bits per heavy atom. The van der Waals surface area contributed by atoms with Crippen molar-refractivity contribution in [2.75, 3.05) is 11.1 Å². The fourth-order valence-electron chi connectivity index (χ4n) is 3.24. The lowest BCUT2D eigenvalue weighted by atomic mass is 9.97. The largest absolute Gasteiger partial charge is 0.325 e. The Labute approximate surface area is 159 Å². The van der Waals surface area contributed by atoms with E-state index in [1.54, 1.807) is 11.3 Å². The Morgan fingerprint density at radius 2 is 2.04 bits per heavy atom. The van der Waals surface area contributed by atoms with Crippen molar-refractivity contribution >= 4 is 44.9 Å². The summed E-state index contributed by atoms with van der Waals surface area (Å²) in [5.41, 5.74) is 1.94. The van der Waals surface area contributed by atoms with Crippen LogP contribution in [0.4, 0.5) is 5.69 Å². The van der Waals surface area contributed by atoms with Crippen LogP contribution < -0.4 is 10.9 Å². The third-order valence-electron chi connectivity index (χ3n) is 4.40. The zero-order chi connectivity index (χ0) is 17.9. The standard InChI is InChI=1S/C19H19N3O2S2/c23-16(20-12-6-2-1-3-7-12)11-25-10-15-21-18(24)17-13-8-4-5-9-14(13)26-19(17)22-15/h1-3,6-7H,4-5,8-11H2,(H,20,23)(H,21,22,24). The van der Waals surface area contributed by atoms with Gasteiger partial charge in [0.05, 0.1) is 16.9 Å². The van der Waals surface area contributed by atoms with E-state index >= 15 is 0 Å². The van der Waals surface area contributed by atoms with Crippen LogP contribution >= 0.6 is 23.1 Å². The summed E-state index contributed by atoms with van der Waals surface area (Å²) in [4.78, 5) is 34.2. The van der Waals surface area contributed by atoms with Crippen LogP contribution in [0.25, 0.3) is 10.2 Å². The molecule has 2 heterocycles. The van der Waals surface area contributed by atoms with Crippen LogP contribution in [0.3, 0.4) is 0 Å². The predicted molar refractivity (Wildman–Crippen MR) is 108 cm³/mol. The van der Waals surface area contributed by atoms with Crippen molar-refractivity contribution in [3.63, 3.8) is 0 Å². The van der Waals surface area contributed by atoms with E-state index in [0.29, 0.717) is 17.3 Å². The van der Waals surface area contributed by atoms with E-state index in [4.69, 9.17) is 0 Å². The van der Waals surface area contributed by atoms with Gasteiger partial charge in [-0.15, -0.1) is 23.1 Å². The lowest BCUT2D eigenvalue weighted by molar-refractivity contribution is -0.113. The molecule has 0 unspecified atom stereocenters. The number of aromatic nitrogens is 2. The molecule has 1 aromatic carbocycles. The number of benzene rings is 1. The van der Waals surface area contributed by atoms with Crippen LogP contribution in [0.5, 0.6) is 0 Å². The minimum atomic E-state index is -0.0591. The van der Waals surface area contributed by atoms with Gasteiger partial charge in [-0.25, -0.2) is 4.98 Å². The Morgan fingerprint density at radius 1 is 1.23 bits per heavy atom. The average Bonchev–Trinajstić information content (AvgIpc) is 3.01. The highest BCUT2D eigenvalue weighted by atomic mass is 32.2. The van der Waals surface area contributed by atoms with Gasteiger partial charge >= 0.3 is 0 Å². The van der Waals surface area contributed by atoms with Crippen molar-refractivity contribution < 1.29 is 4.79 Å². The molecule has 0 spiro atoms. The zero-order valence-electron chi connectivity index (χ0n) is 14.2. The topological polar surface area (TPSA) is 74.8 Å². The minimum Gasteiger partial charge on any atom is -0.325 e. The number of aromatic amines is 1. The summed E-state index contributed by atoms with van der Waals surface area (Å²) in [6.07, 6.45) is 4.37. The number of nitrogens with one attached hydrogen (secondary N) is 2. The molecule has 134 valence electrons. The molecule has 26 heavy (non-hydrogen) atoms. The number of nitrogens with zero attached hydrogens (tertiary/aromatic N) is 1. The predicted octanol–water partition coefficient (Wildman–Crippen LogP) is 3.74. The Kier molecular flexibility index (Phi) is 5.08. The summed E-state index contributed by atoms with van der Waals surface area (Å²) in [6.45, 7) is 0. The summed E-state index contributed by atoms with van der Waals surface area (Å²) in [6, 6.07) is 9.38.